The van der Waals surface area contributed by atoms with Gasteiger partial charge in [0.15, 0.2) is 6.29 Å². The van der Waals surface area contributed by atoms with Crippen LogP contribution in [0.1, 0.15) is 32.8 Å². The number of aromatic nitrogens is 1. The zero-order chi connectivity index (χ0) is 20.6. The van der Waals surface area contributed by atoms with Crippen molar-refractivity contribution in [1.82, 2.24) is 9.88 Å². The molecule has 1 aliphatic heterocycles. The summed E-state index contributed by atoms with van der Waals surface area (Å²) in [5.41, 5.74) is 1.25. The van der Waals surface area contributed by atoms with Crippen LogP contribution >= 0.6 is 11.8 Å². The first kappa shape index (κ1) is 21.1. The first-order valence-corrected chi connectivity index (χ1v) is 10.6. The number of aliphatic hydroxyl groups excluding tert-OH is 1. The number of ether oxygens (including phenoxy) is 1. The maximum absolute atomic E-state index is 13.2. The predicted molar refractivity (Wildman–Crippen MR) is 111 cm³/mol. The molecule has 2 aromatic rings. The van der Waals surface area contributed by atoms with Gasteiger partial charge in [-0.15, -0.1) is 0 Å². The van der Waals surface area contributed by atoms with Crippen LogP contribution in [-0.4, -0.2) is 69.6 Å². The summed E-state index contributed by atoms with van der Waals surface area (Å²) < 4.78 is 5.72. The number of pyridine rings is 1. The van der Waals surface area contributed by atoms with Crippen LogP contribution < -0.4 is 4.74 Å². The molecule has 0 aliphatic carbocycles. The van der Waals surface area contributed by atoms with Crippen molar-refractivity contribution in [3.8, 4) is 11.5 Å². The lowest BCUT2D eigenvalue weighted by Crippen LogP contribution is -2.47. The largest absolute Gasteiger partial charge is 0.507 e. The monoisotopic (exact) mass is 416 g/mol. The summed E-state index contributed by atoms with van der Waals surface area (Å²) in [5, 5.41) is 19.0. The van der Waals surface area contributed by atoms with Crippen LogP contribution in [0, 0.1) is 0 Å². The minimum Gasteiger partial charge on any atom is -0.507 e. The summed E-state index contributed by atoms with van der Waals surface area (Å²) in [5.74, 6) is 1.79. The van der Waals surface area contributed by atoms with Gasteiger partial charge < -0.3 is 19.8 Å². The number of hydrogen-bond acceptors (Lipinski definition) is 7. The molecule has 1 amide bonds. The van der Waals surface area contributed by atoms with E-state index in [9.17, 15) is 19.8 Å². The van der Waals surface area contributed by atoms with Crippen molar-refractivity contribution in [2.45, 2.75) is 18.9 Å². The highest BCUT2D eigenvalue weighted by molar-refractivity contribution is 7.99. The smallest absolute Gasteiger partial charge is 0.256 e. The van der Waals surface area contributed by atoms with E-state index in [1.807, 2.05) is 4.90 Å². The minimum absolute atomic E-state index is 0.0135. The maximum Gasteiger partial charge on any atom is 0.256 e. The first-order valence-electron chi connectivity index (χ1n) is 9.49. The molecule has 1 fully saturated rings. The third-order valence-corrected chi connectivity index (χ3v) is 5.92. The summed E-state index contributed by atoms with van der Waals surface area (Å²) in [6.45, 7) is 0.885. The summed E-state index contributed by atoms with van der Waals surface area (Å²) in [7, 11) is 0. The molecular weight excluding hydrogens is 392 g/mol. The van der Waals surface area contributed by atoms with Gasteiger partial charge in [-0.3, -0.25) is 14.6 Å². The van der Waals surface area contributed by atoms with Crippen LogP contribution in [0.25, 0.3) is 0 Å². The third-order valence-electron chi connectivity index (χ3n) is 4.83. The molecule has 0 bridgehead atoms. The second kappa shape index (κ2) is 10.3. The normalized spacial score (nSPS) is 16.4. The number of carbonyl (C=O) groups is 2. The van der Waals surface area contributed by atoms with Gasteiger partial charge in [0, 0.05) is 49.7 Å². The lowest BCUT2D eigenvalue weighted by molar-refractivity contribution is 0.0680. The number of carbonyl (C=O) groups excluding carboxylic acids is 2. The van der Waals surface area contributed by atoms with Gasteiger partial charge in [-0.25, -0.2) is 0 Å². The van der Waals surface area contributed by atoms with Crippen LogP contribution in [0.2, 0.25) is 0 Å². The van der Waals surface area contributed by atoms with Gasteiger partial charge in [-0.2, -0.15) is 11.8 Å². The number of aldehydes is 1. The van der Waals surface area contributed by atoms with Crippen LogP contribution in [0.15, 0.2) is 36.5 Å². The molecule has 154 valence electrons. The topological polar surface area (TPSA) is 100.0 Å². The predicted octanol–water partition coefficient (Wildman–Crippen LogP) is 2.16. The Morgan fingerprint density at radius 2 is 2.21 bits per heavy atom. The number of phenolic OH excluding ortho intramolecular Hbond substituents is 1. The third kappa shape index (κ3) is 5.07. The standard InChI is InChI=1S/C21H24N2O5S/c24-10-6-18-16(3-2-8-22-18)21(27)23-9-12-29-14-15(23)7-11-28-20-5-1-4-19(26)17(20)13-25/h1-5,8,13,15,24,26H,6-7,9-12,14H2/t15-/m1/s1. The highest BCUT2D eigenvalue weighted by Crippen LogP contribution is 2.27. The summed E-state index contributed by atoms with van der Waals surface area (Å²) in [6.07, 6.45) is 3.13. The molecule has 0 saturated carbocycles. The Morgan fingerprint density at radius 3 is 3.00 bits per heavy atom. The Hall–Kier alpha value is -2.58. The number of phenols is 1. The number of hydrogen-bond donors (Lipinski definition) is 2. The van der Waals surface area contributed by atoms with Crippen molar-refractivity contribution in [3.05, 3.63) is 53.3 Å². The molecular formula is C21H24N2O5S. The van der Waals surface area contributed by atoms with E-state index < -0.39 is 0 Å². The molecule has 0 radical (unpaired) electrons. The van der Waals surface area contributed by atoms with Crippen molar-refractivity contribution in [3.63, 3.8) is 0 Å². The molecule has 29 heavy (non-hydrogen) atoms. The van der Waals surface area contributed by atoms with Crippen LogP contribution in [-0.2, 0) is 6.42 Å². The molecule has 7 nitrogen and oxygen atoms in total. The van der Waals surface area contributed by atoms with E-state index >= 15 is 0 Å². The van der Waals surface area contributed by atoms with Gasteiger partial charge >= 0.3 is 0 Å². The second-order valence-electron chi connectivity index (χ2n) is 6.64. The fourth-order valence-electron chi connectivity index (χ4n) is 3.34. The average molecular weight is 416 g/mol. The van der Waals surface area contributed by atoms with Gasteiger partial charge in [0.1, 0.15) is 11.5 Å². The van der Waals surface area contributed by atoms with Crippen molar-refractivity contribution in [1.29, 1.82) is 0 Å². The molecule has 1 atom stereocenters. The first-order chi connectivity index (χ1) is 14.2. The van der Waals surface area contributed by atoms with Crippen molar-refractivity contribution >= 4 is 24.0 Å². The van der Waals surface area contributed by atoms with Crippen molar-refractivity contribution in [2.75, 3.05) is 31.3 Å². The van der Waals surface area contributed by atoms with E-state index in [1.165, 1.54) is 6.07 Å². The fourth-order valence-corrected chi connectivity index (χ4v) is 4.45. The van der Waals surface area contributed by atoms with E-state index in [0.717, 1.165) is 11.5 Å². The molecule has 1 saturated heterocycles. The second-order valence-corrected chi connectivity index (χ2v) is 7.79. The highest BCUT2D eigenvalue weighted by Gasteiger charge is 2.29. The molecule has 0 spiro atoms. The van der Waals surface area contributed by atoms with Crippen molar-refractivity contribution < 1.29 is 24.5 Å². The molecule has 1 aromatic heterocycles. The van der Waals surface area contributed by atoms with Crippen LogP contribution in [0.5, 0.6) is 11.5 Å². The number of amides is 1. The lowest BCUT2D eigenvalue weighted by atomic mass is 10.1. The van der Waals surface area contributed by atoms with Gasteiger partial charge in [0.25, 0.3) is 5.91 Å². The van der Waals surface area contributed by atoms with Gasteiger partial charge in [0.2, 0.25) is 0 Å². The quantitative estimate of drug-likeness (QED) is 0.636. The Labute approximate surface area is 173 Å². The number of thioether (sulfide) groups is 1. The number of nitrogens with zero attached hydrogens (tertiary/aromatic N) is 2. The Kier molecular flexibility index (Phi) is 7.48. The fraction of sp³-hybridized carbons (Fsp3) is 0.381. The van der Waals surface area contributed by atoms with Gasteiger partial charge in [-0.1, -0.05) is 6.07 Å². The van der Waals surface area contributed by atoms with E-state index in [2.05, 4.69) is 4.98 Å². The van der Waals surface area contributed by atoms with Gasteiger partial charge in [-0.05, 0) is 24.3 Å². The number of benzene rings is 1. The highest BCUT2D eigenvalue weighted by atomic mass is 32.2. The Balaban J connectivity index is 1.68. The van der Waals surface area contributed by atoms with E-state index in [1.54, 1.807) is 42.2 Å². The summed E-state index contributed by atoms with van der Waals surface area (Å²) in [6, 6.07) is 8.16. The maximum atomic E-state index is 13.2. The average Bonchev–Trinajstić information content (AvgIpc) is 2.74. The number of rotatable bonds is 8. The van der Waals surface area contributed by atoms with Crippen molar-refractivity contribution in [2.24, 2.45) is 0 Å². The molecule has 1 aromatic carbocycles. The summed E-state index contributed by atoms with van der Waals surface area (Å²) in [4.78, 5) is 30.4. The molecule has 0 unspecified atom stereocenters. The SMILES string of the molecule is O=Cc1c(O)cccc1OCC[C@@H]1CSCCN1C(=O)c1cccnc1CCO. The van der Waals surface area contributed by atoms with E-state index in [4.69, 9.17) is 4.74 Å². The molecule has 2 heterocycles. The van der Waals surface area contributed by atoms with Crippen LogP contribution in [0.3, 0.4) is 0 Å². The zero-order valence-corrected chi connectivity index (χ0v) is 16.8. The lowest BCUT2D eigenvalue weighted by Gasteiger charge is -2.35. The number of aromatic hydroxyl groups is 1. The molecule has 1 aliphatic rings. The Morgan fingerprint density at radius 1 is 1.34 bits per heavy atom. The van der Waals surface area contributed by atoms with E-state index in [0.29, 0.717) is 49.3 Å². The molecule has 3 rings (SSSR count). The van der Waals surface area contributed by atoms with E-state index in [-0.39, 0.29) is 29.9 Å². The molecule has 2 N–H and O–H groups in total. The number of aliphatic hydroxyl groups is 1. The van der Waals surface area contributed by atoms with Crippen LogP contribution in [0.4, 0.5) is 0 Å². The Bertz CT molecular complexity index is 861. The summed E-state index contributed by atoms with van der Waals surface area (Å²) >= 11 is 1.79. The van der Waals surface area contributed by atoms with Gasteiger partial charge in [0.05, 0.1) is 23.4 Å². The minimum atomic E-state index is -0.115. The zero-order valence-electron chi connectivity index (χ0n) is 16.0. The molecule has 8 heteroatoms.